The first-order valence-corrected chi connectivity index (χ1v) is 7.62. The van der Waals surface area contributed by atoms with Crippen LogP contribution in [0.1, 0.15) is 33.6 Å². The number of rotatable bonds is 6. The molecule has 3 N–H and O–H groups in total. The van der Waals surface area contributed by atoms with Crippen LogP contribution in [-0.4, -0.2) is 64.3 Å². The third-order valence-corrected chi connectivity index (χ3v) is 4.66. The summed E-state index contributed by atoms with van der Waals surface area (Å²) in [5, 5.41) is 29.8. The fourth-order valence-corrected chi connectivity index (χ4v) is 3.00. The maximum Gasteiger partial charge on any atom is 0.132 e. The zero-order chi connectivity index (χ0) is 15.7. The number of aliphatic hydroxyl groups excluding tert-OH is 3. The van der Waals surface area contributed by atoms with Crippen LogP contribution in [0.2, 0.25) is 0 Å². The molecule has 0 aliphatic carbocycles. The topological polar surface area (TPSA) is 99.5 Å². The highest BCUT2D eigenvalue weighted by atomic mass is 16.6. The first-order chi connectivity index (χ1) is 9.81. The number of ether oxygens (including phenoxy) is 2. The lowest BCUT2D eigenvalue weighted by Crippen LogP contribution is -2.51. The monoisotopic (exact) mass is 302 g/mol. The van der Waals surface area contributed by atoms with Crippen molar-refractivity contribution in [1.29, 1.82) is 0 Å². The molecule has 8 atom stereocenters. The molecule has 0 radical (unpaired) electrons. The second kappa shape index (κ2) is 6.71. The Labute approximate surface area is 125 Å². The van der Waals surface area contributed by atoms with Crippen LogP contribution >= 0.6 is 0 Å². The summed E-state index contributed by atoms with van der Waals surface area (Å²) in [6, 6.07) is 0. The lowest BCUT2D eigenvalue weighted by molar-refractivity contribution is -0.170. The minimum absolute atomic E-state index is 0.00397. The Morgan fingerprint density at radius 2 is 1.90 bits per heavy atom. The van der Waals surface area contributed by atoms with Gasteiger partial charge in [-0.1, -0.05) is 6.92 Å². The van der Waals surface area contributed by atoms with Gasteiger partial charge in [0.2, 0.25) is 0 Å². The van der Waals surface area contributed by atoms with Crippen LogP contribution in [0.25, 0.3) is 0 Å². The number of hydrogen-bond acceptors (Lipinski definition) is 6. The Morgan fingerprint density at radius 3 is 2.48 bits per heavy atom. The van der Waals surface area contributed by atoms with Gasteiger partial charge in [-0.15, -0.1) is 0 Å². The standard InChI is InChI=1S/C15H26O6/c1-7(16)4-11-14(19)13(18)10(6-20-11)5-12-15(21-12)8(2)9(3)17/h8-15,17-19H,4-6H2,1-3H3/t8-,9?,10-,11?,12?,13?,14?,15?/m0/s1. The van der Waals surface area contributed by atoms with Crippen LogP contribution in [-0.2, 0) is 14.3 Å². The summed E-state index contributed by atoms with van der Waals surface area (Å²) in [7, 11) is 0. The second-order valence-electron chi connectivity index (χ2n) is 6.49. The van der Waals surface area contributed by atoms with Gasteiger partial charge in [-0.3, -0.25) is 4.79 Å². The van der Waals surface area contributed by atoms with E-state index in [1.54, 1.807) is 6.92 Å². The van der Waals surface area contributed by atoms with E-state index in [1.807, 2.05) is 6.92 Å². The molecule has 0 saturated carbocycles. The third-order valence-electron chi connectivity index (χ3n) is 4.66. The third kappa shape index (κ3) is 4.02. The summed E-state index contributed by atoms with van der Waals surface area (Å²) < 4.78 is 11.1. The zero-order valence-electron chi connectivity index (χ0n) is 12.8. The quantitative estimate of drug-likeness (QED) is 0.591. The number of carbonyl (C=O) groups is 1. The Morgan fingerprint density at radius 1 is 1.24 bits per heavy atom. The van der Waals surface area contributed by atoms with E-state index < -0.39 is 24.4 Å². The van der Waals surface area contributed by atoms with E-state index >= 15 is 0 Å². The molecule has 0 aromatic carbocycles. The van der Waals surface area contributed by atoms with Crippen molar-refractivity contribution in [1.82, 2.24) is 0 Å². The first-order valence-electron chi connectivity index (χ1n) is 7.62. The molecule has 2 saturated heterocycles. The molecule has 2 rings (SSSR count). The average molecular weight is 302 g/mol. The summed E-state index contributed by atoms with van der Waals surface area (Å²) in [4.78, 5) is 11.1. The van der Waals surface area contributed by atoms with Crippen LogP contribution in [0.5, 0.6) is 0 Å². The van der Waals surface area contributed by atoms with Crippen LogP contribution in [0.4, 0.5) is 0 Å². The summed E-state index contributed by atoms with van der Waals surface area (Å²) >= 11 is 0. The van der Waals surface area contributed by atoms with Gasteiger partial charge in [0.15, 0.2) is 0 Å². The molecule has 21 heavy (non-hydrogen) atoms. The molecule has 2 heterocycles. The number of Topliss-reactive ketones (excluding diaryl/α,β-unsaturated/α-hetero) is 1. The molecular weight excluding hydrogens is 276 g/mol. The largest absolute Gasteiger partial charge is 0.393 e. The van der Waals surface area contributed by atoms with E-state index in [0.29, 0.717) is 13.0 Å². The number of ketones is 1. The van der Waals surface area contributed by atoms with Crippen molar-refractivity contribution in [2.75, 3.05) is 6.61 Å². The van der Waals surface area contributed by atoms with Gasteiger partial charge in [0.1, 0.15) is 11.9 Å². The Hall–Kier alpha value is -0.530. The van der Waals surface area contributed by atoms with Crippen molar-refractivity contribution in [2.45, 2.75) is 70.2 Å². The fourth-order valence-electron chi connectivity index (χ4n) is 3.00. The normalized spacial score (nSPS) is 42.4. The predicted molar refractivity (Wildman–Crippen MR) is 74.7 cm³/mol. The van der Waals surface area contributed by atoms with Gasteiger partial charge < -0.3 is 24.8 Å². The van der Waals surface area contributed by atoms with E-state index in [-0.39, 0.29) is 36.2 Å². The van der Waals surface area contributed by atoms with E-state index in [4.69, 9.17) is 9.47 Å². The Balaban J connectivity index is 1.83. The molecule has 0 spiro atoms. The van der Waals surface area contributed by atoms with E-state index in [2.05, 4.69) is 0 Å². The molecule has 6 heteroatoms. The summed E-state index contributed by atoms with van der Waals surface area (Å²) in [6.45, 7) is 5.42. The zero-order valence-corrected chi connectivity index (χ0v) is 12.8. The van der Waals surface area contributed by atoms with Crippen molar-refractivity contribution in [3.8, 4) is 0 Å². The van der Waals surface area contributed by atoms with Crippen LogP contribution in [0, 0.1) is 11.8 Å². The highest BCUT2D eigenvalue weighted by Gasteiger charge is 2.48. The van der Waals surface area contributed by atoms with Gasteiger partial charge in [-0.05, 0) is 20.3 Å². The highest BCUT2D eigenvalue weighted by molar-refractivity contribution is 5.76. The van der Waals surface area contributed by atoms with Gasteiger partial charge in [-0.25, -0.2) is 0 Å². The lowest BCUT2D eigenvalue weighted by atomic mass is 9.86. The van der Waals surface area contributed by atoms with Gasteiger partial charge in [-0.2, -0.15) is 0 Å². The minimum Gasteiger partial charge on any atom is -0.393 e. The molecule has 122 valence electrons. The number of epoxide rings is 1. The van der Waals surface area contributed by atoms with E-state index in [1.165, 1.54) is 6.92 Å². The summed E-state index contributed by atoms with van der Waals surface area (Å²) in [5.41, 5.74) is 0. The Bertz CT molecular complexity index is 371. The van der Waals surface area contributed by atoms with E-state index in [0.717, 1.165) is 0 Å². The molecule has 0 bridgehead atoms. The predicted octanol–water partition coefficient (Wildman–Crippen LogP) is -0.123. The smallest absolute Gasteiger partial charge is 0.132 e. The number of aliphatic hydroxyl groups is 3. The maximum absolute atomic E-state index is 11.1. The maximum atomic E-state index is 11.1. The SMILES string of the molecule is CC(=O)CC1OC[C@H](CC2OC2[C@@H](C)C(C)O)C(O)C1O. The summed E-state index contributed by atoms with van der Waals surface area (Å²) in [5.74, 6) is -0.229. The average Bonchev–Trinajstić information content (AvgIpc) is 3.16. The van der Waals surface area contributed by atoms with Gasteiger partial charge in [0.25, 0.3) is 0 Å². The van der Waals surface area contributed by atoms with Crippen molar-refractivity contribution >= 4 is 5.78 Å². The molecular formula is C15H26O6. The lowest BCUT2D eigenvalue weighted by Gasteiger charge is -2.37. The summed E-state index contributed by atoms with van der Waals surface area (Å²) in [6.07, 6.45) is -2.30. The fraction of sp³-hybridized carbons (Fsp3) is 0.933. The molecule has 6 nitrogen and oxygen atoms in total. The molecule has 2 fully saturated rings. The van der Waals surface area contributed by atoms with Crippen LogP contribution in [0.3, 0.4) is 0 Å². The molecule has 6 unspecified atom stereocenters. The molecule has 0 amide bonds. The molecule has 0 aromatic heterocycles. The van der Waals surface area contributed by atoms with Crippen molar-refractivity contribution in [2.24, 2.45) is 11.8 Å². The van der Waals surface area contributed by atoms with Gasteiger partial charge in [0, 0.05) is 18.3 Å². The molecule has 2 aliphatic rings. The van der Waals surface area contributed by atoms with Gasteiger partial charge in [0.05, 0.1) is 37.1 Å². The molecule has 2 aliphatic heterocycles. The number of hydrogen-bond donors (Lipinski definition) is 3. The minimum atomic E-state index is -1.04. The number of carbonyl (C=O) groups excluding carboxylic acids is 1. The van der Waals surface area contributed by atoms with Crippen molar-refractivity contribution < 1.29 is 29.6 Å². The Kier molecular flexibility index (Phi) is 5.38. The van der Waals surface area contributed by atoms with Crippen LogP contribution < -0.4 is 0 Å². The van der Waals surface area contributed by atoms with Crippen molar-refractivity contribution in [3.63, 3.8) is 0 Å². The highest BCUT2D eigenvalue weighted by Crippen LogP contribution is 2.38. The first kappa shape index (κ1) is 16.8. The molecule has 0 aromatic rings. The van der Waals surface area contributed by atoms with Gasteiger partial charge >= 0.3 is 0 Å². The van der Waals surface area contributed by atoms with Crippen molar-refractivity contribution in [3.05, 3.63) is 0 Å². The second-order valence-corrected chi connectivity index (χ2v) is 6.49. The van der Waals surface area contributed by atoms with E-state index in [9.17, 15) is 20.1 Å². The van der Waals surface area contributed by atoms with Crippen LogP contribution in [0.15, 0.2) is 0 Å².